The third-order valence-electron chi connectivity index (χ3n) is 1.38. The molecule has 8 heteroatoms. The average molecular weight is 262 g/mol. The van der Waals surface area contributed by atoms with E-state index in [1.807, 2.05) is 0 Å². The summed E-state index contributed by atoms with van der Waals surface area (Å²) in [5.74, 6) is -0.467. The minimum absolute atomic E-state index is 0. The fraction of sp³-hybridized carbons (Fsp3) is 0.625. The molecule has 0 aromatic carbocycles. The summed E-state index contributed by atoms with van der Waals surface area (Å²) in [5, 5.41) is 0. The summed E-state index contributed by atoms with van der Waals surface area (Å²) in [4.78, 5) is 27.5. The molecule has 2 N–H and O–H groups in total. The number of ether oxygens (including phenoxy) is 1. The van der Waals surface area contributed by atoms with E-state index in [0.29, 0.717) is 18.4 Å². The molecule has 6 nitrogen and oxygen atoms in total. The molecule has 0 amide bonds. The Morgan fingerprint density at radius 2 is 1.81 bits per heavy atom. The zero-order chi connectivity index (χ0) is 11.9. The Morgan fingerprint density at radius 3 is 2.25 bits per heavy atom. The minimum atomic E-state index is -4.37. The molecule has 0 aliphatic rings. The number of carbonyl (C=O) groups is 1. The first-order chi connectivity index (χ1) is 6.83. The van der Waals surface area contributed by atoms with E-state index in [9.17, 15) is 9.36 Å². The van der Waals surface area contributed by atoms with E-state index >= 15 is 0 Å². The Kier molecular flexibility index (Phi) is 10.9. The van der Waals surface area contributed by atoms with Gasteiger partial charge in [-0.3, -0.25) is 4.52 Å². The molecule has 0 fully saturated rings. The fourth-order valence-corrected chi connectivity index (χ4v) is 1.04. The summed E-state index contributed by atoms with van der Waals surface area (Å²) in [6.07, 6.45) is 0.896. The molecule has 16 heavy (non-hydrogen) atoms. The van der Waals surface area contributed by atoms with Gasteiger partial charge in [-0.25, -0.2) is 9.36 Å². The van der Waals surface area contributed by atoms with Crippen molar-refractivity contribution in [1.82, 2.24) is 0 Å². The van der Waals surface area contributed by atoms with Gasteiger partial charge in [0, 0.05) is 5.57 Å². The molecule has 0 aliphatic carbocycles. The van der Waals surface area contributed by atoms with Gasteiger partial charge in [0.25, 0.3) is 0 Å². The second-order valence-electron chi connectivity index (χ2n) is 2.95. The zero-order valence-electron chi connectivity index (χ0n) is 8.51. The number of esters is 1. The topological polar surface area (TPSA) is 93.1 Å². The van der Waals surface area contributed by atoms with Gasteiger partial charge in [-0.1, -0.05) is 6.58 Å². The summed E-state index contributed by atoms with van der Waals surface area (Å²) in [6.45, 7) is 5.07. The second kappa shape index (κ2) is 9.36. The van der Waals surface area contributed by atoms with Crippen LogP contribution in [0.3, 0.4) is 0 Å². The number of carbonyl (C=O) groups excluding carboxylic acids is 1. The van der Waals surface area contributed by atoms with Crippen LogP contribution in [0.2, 0.25) is 0 Å². The van der Waals surface area contributed by atoms with E-state index in [1.165, 1.54) is 0 Å². The van der Waals surface area contributed by atoms with E-state index in [4.69, 9.17) is 14.5 Å². The monoisotopic (exact) mass is 262 g/mol. The normalized spacial score (nSPS) is 10.4. The standard InChI is InChI=1S/C8H15O6P.Na.H/c1-7(2)8(9)13-5-3-4-6-14-15(10,11)12;;/h1,3-6H2,2H3,(H2,10,11,12);;. The van der Waals surface area contributed by atoms with E-state index in [2.05, 4.69) is 11.1 Å². The van der Waals surface area contributed by atoms with Crippen molar-refractivity contribution in [3.8, 4) is 0 Å². The number of phosphoric ester groups is 1. The van der Waals surface area contributed by atoms with Crippen LogP contribution in [0, 0.1) is 0 Å². The van der Waals surface area contributed by atoms with Crippen LogP contribution in [0.1, 0.15) is 19.8 Å². The molecule has 90 valence electrons. The summed E-state index contributed by atoms with van der Waals surface area (Å²) in [7, 11) is -4.37. The predicted molar refractivity (Wildman–Crippen MR) is 60.2 cm³/mol. The Morgan fingerprint density at radius 1 is 1.31 bits per heavy atom. The average Bonchev–Trinajstić information content (AvgIpc) is 2.08. The fourth-order valence-electron chi connectivity index (χ4n) is 0.676. The van der Waals surface area contributed by atoms with Gasteiger partial charge >= 0.3 is 43.3 Å². The van der Waals surface area contributed by atoms with E-state index in [0.717, 1.165) is 0 Å². The molecule has 0 saturated heterocycles. The number of hydrogen-bond acceptors (Lipinski definition) is 4. The second-order valence-corrected chi connectivity index (χ2v) is 4.19. The molecule has 0 aromatic rings. The van der Waals surface area contributed by atoms with Crippen molar-refractivity contribution < 1.29 is 28.4 Å². The van der Waals surface area contributed by atoms with Gasteiger partial charge in [-0.15, -0.1) is 0 Å². The van der Waals surface area contributed by atoms with Gasteiger partial charge < -0.3 is 14.5 Å². The summed E-state index contributed by atoms with van der Waals surface area (Å²) >= 11 is 0. The van der Waals surface area contributed by atoms with Gasteiger partial charge in [0.2, 0.25) is 0 Å². The molecule has 0 unspecified atom stereocenters. The Balaban J connectivity index is 0. The van der Waals surface area contributed by atoms with Crippen molar-refractivity contribution in [3.63, 3.8) is 0 Å². The third kappa shape index (κ3) is 12.4. The van der Waals surface area contributed by atoms with Gasteiger partial charge in [-0.05, 0) is 19.8 Å². The van der Waals surface area contributed by atoms with Gasteiger partial charge in [0.15, 0.2) is 0 Å². The van der Waals surface area contributed by atoms with Crippen molar-refractivity contribution >= 4 is 43.3 Å². The van der Waals surface area contributed by atoms with Gasteiger partial charge in [0.05, 0.1) is 13.2 Å². The first-order valence-electron chi connectivity index (χ1n) is 4.35. The zero-order valence-corrected chi connectivity index (χ0v) is 9.40. The van der Waals surface area contributed by atoms with E-state index < -0.39 is 13.8 Å². The molecular formula is C8H16NaO6P. The van der Waals surface area contributed by atoms with Crippen LogP contribution < -0.4 is 0 Å². The Bertz CT molecular complexity index is 274. The van der Waals surface area contributed by atoms with Crippen LogP contribution in [-0.4, -0.2) is 58.5 Å². The maximum absolute atomic E-state index is 10.9. The molecule has 0 bridgehead atoms. The van der Waals surface area contributed by atoms with Crippen molar-refractivity contribution in [2.24, 2.45) is 0 Å². The quantitative estimate of drug-likeness (QED) is 0.226. The summed E-state index contributed by atoms with van der Waals surface area (Å²) < 4.78 is 19.2. The molecule has 0 atom stereocenters. The van der Waals surface area contributed by atoms with Crippen molar-refractivity contribution in [2.45, 2.75) is 19.8 Å². The first-order valence-corrected chi connectivity index (χ1v) is 5.88. The molecule has 0 heterocycles. The molecule has 0 radical (unpaired) electrons. The molecule has 0 aromatic heterocycles. The van der Waals surface area contributed by atoms with E-state index in [1.54, 1.807) is 6.92 Å². The number of unbranched alkanes of at least 4 members (excludes halogenated alkanes) is 1. The summed E-state index contributed by atoms with van der Waals surface area (Å²) in [5.41, 5.74) is 0.321. The molecule has 0 rings (SSSR count). The van der Waals surface area contributed by atoms with Crippen LogP contribution >= 0.6 is 7.82 Å². The van der Waals surface area contributed by atoms with Crippen LogP contribution in [0.4, 0.5) is 0 Å². The number of hydrogen-bond donors (Lipinski definition) is 2. The Hall–Kier alpha value is 0.320. The van der Waals surface area contributed by atoms with Crippen LogP contribution in [0.25, 0.3) is 0 Å². The van der Waals surface area contributed by atoms with Gasteiger partial charge in [-0.2, -0.15) is 0 Å². The molecular weight excluding hydrogens is 246 g/mol. The maximum atomic E-state index is 10.9. The van der Waals surface area contributed by atoms with E-state index in [-0.39, 0.29) is 42.8 Å². The predicted octanol–water partition coefficient (Wildman–Crippen LogP) is 0.347. The first kappa shape index (κ1) is 18.7. The molecule has 0 spiro atoms. The van der Waals surface area contributed by atoms with Crippen molar-refractivity contribution in [2.75, 3.05) is 13.2 Å². The van der Waals surface area contributed by atoms with Crippen LogP contribution in [0.5, 0.6) is 0 Å². The summed E-state index contributed by atoms with van der Waals surface area (Å²) in [6, 6.07) is 0. The third-order valence-corrected chi connectivity index (χ3v) is 1.90. The van der Waals surface area contributed by atoms with Gasteiger partial charge in [0.1, 0.15) is 0 Å². The van der Waals surface area contributed by atoms with Crippen LogP contribution in [-0.2, 0) is 18.6 Å². The number of phosphoric acid groups is 1. The van der Waals surface area contributed by atoms with Crippen molar-refractivity contribution in [1.29, 1.82) is 0 Å². The Labute approximate surface area is 117 Å². The molecule has 0 saturated carbocycles. The van der Waals surface area contributed by atoms with Crippen molar-refractivity contribution in [3.05, 3.63) is 12.2 Å². The molecule has 0 aliphatic heterocycles. The van der Waals surface area contributed by atoms with Crippen LogP contribution in [0.15, 0.2) is 12.2 Å². The SMILES string of the molecule is C=C(C)C(=O)OCCCCOP(=O)(O)O.[NaH]. The number of rotatable bonds is 7.